The molecule has 0 bridgehead atoms. The minimum Gasteiger partial charge on any atom is -0.491 e. The molecular weight excluding hydrogens is 368 g/mol. The summed E-state index contributed by atoms with van der Waals surface area (Å²) in [5.74, 6) is 0.265. The Balaban J connectivity index is 1.73. The molecule has 1 unspecified atom stereocenters. The van der Waals surface area contributed by atoms with Gasteiger partial charge in [0.15, 0.2) is 5.76 Å². The standard InChI is InChI=1S/C23H24N2O4/c1-4-16(3)29-19-8-5-7-17(13-19)22(26)25-20-14-18(11-10-15(20)2)24-23(27)21-9-6-12-28-21/h5-14,16H,4H2,1-3H3,(H,24,27)(H,25,26). The van der Waals surface area contributed by atoms with Crippen molar-refractivity contribution in [3.63, 3.8) is 0 Å². The Morgan fingerprint density at radius 2 is 1.86 bits per heavy atom. The quantitative estimate of drug-likeness (QED) is 0.574. The van der Waals surface area contributed by atoms with Crippen LogP contribution >= 0.6 is 0 Å². The second kappa shape index (κ2) is 9.10. The number of benzene rings is 2. The van der Waals surface area contributed by atoms with Gasteiger partial charge in [-0.05, 0) is 68.3 Å². The predicted octanol–water partition coefficient (Wildman–Crippen LogP) is 5.27. The number of ether oxygens (including phenoxy) is 1. The third-order valence-corrected chi connectivity index (χ3v) is 4.50. The van der Waals surface area contributed by atoms with E-state index in [-0.39, 0.29) is 23.7 Å². The molecule has 2 N–H and O–H groups in total. The molecule has 2 aromatic carbocycles. The zero-order chi connectivity index (χ0) is 20.8. The highest BCUT2D eigenvalue weighted by Gasteiger charge is 2.13. The number of carbonyl (C=O) groups excluding carboxylic acids is 2. The first-order chi connectivity index (χ1) is 14.0. The van der Waals surface area contributed by atoms with Crippen LogP contribution in [0.5, 0.6) is 5.75 Å². The molecule has 0 saturated heterocycles. The van der Waals surface area contributed by atoms with Crippen molar-refractivity contribution < 1.29 is 18.7 Å². The lowest BCUT2D eigenvalue weighted by Gasteiger charge is -2.14. The average Bonchev–Trinajstić information content (AvgIpc) is 3.25. The summed E-state index contributed by atoms with van der Waals surface area (Å²) in [6.07, 6.45) is 2.39. The van der Waals surface area contributed by atoms with Gasteiger partial charge in [0.1, 0.15) is 5.75 Å². The highest BCUT2D eigenvalue weighted by molar-refractivity contribution is 6.06. The van der Waals surface area contributed by atoms with E-state index in [2.05, 4.69) is 10.6 Å². The molecule has 0 fully saturated rings. The first-order valence-corrected chi connectivity index (χ1v) is 9.50. The number of hydrogen-bond acceptors (Lipinski definition) is 4. The molecule has 0 aliphatic heterocycles. The van der Waals surface area contributed by atoms with Crippen molar-refractivity contribution in [1.29, 1.82) is 0 Å². The lowest BCUT2D eigenvalue weighted by atomic mass is 10.1. The summed E-state index contributed by atoms with van der Waals surface area (Å²) in [6.45, 7) is 5.91. The van der Waals surface area contributed by atoms with Crippen molar-refractivity contribution >= 4 is 23.2 Å². The van der Waals surface area contributed by atoms with Crippen molar-refractivity contribution in [2.24, 2.45) is 0 Å². The molecule has 1 heterocycles. The summed E-state index contributed by atoms with van der Waals surface area (Å²) in [5, 5.41) is 5.66. The SMILES string of the molecule is CCC(C)Oc1cccc(C(=O)Nc2cc(NC(=O)c3ccco3)ccc2C)c1. The Morgan fingerprint density at radius 3 is 2.59 bits per heavy atom. The van der Waals surface area contributed by atoms with Crippen molar-refractivity contribution in [3.8, 4) is 5.75 Å². The van der Waals surface area contributed by atoms with E-state index < -0.39 is 0 Å². The molecule has 0 saturated carbocycles. The summed E-state index contributed by atoms with van der Waals surface area (Å²) in [4.78, 5) is 24.9. The smallest absolute Gasteiger partial charge is 0.291 e. The maximum Gasteiger partial charge on any atom is 0.291 e. The van der Waals surface area contributed by atoms with E-state index in [1.807, 2.05) is 32.9 Å². The topological polar surface area (TPSA) is 80.6 Å². The van der Waals surface area contributed by atoms with E-state index >= 15 is 0 Å². The van der Waals surface area contributed by atoms with Crippen LogP contribution in [0.1, 0.15) is 46.7 Å². The van der Waals surface area contributed by atoms with Gasteiger partial charge in [0.25, 0.3) is 11.8 Å². The molecule has 0 aliphatic rings. The molecule has 1 atom stereocenters. The first kappa shape index (κ1) is 20.2. The monoisotopic (exact) mass is 392 g/mol. The Bertz CT molecular complexity index is 996. The molecule has 0 radical (unpaired) electrons. The highest BCUT2D eigenvalue weighted by Crippen LogP contribution is 2.23. The van der Waals surface area contributed by atoms with E-state index in [0.29, 0.717) is 22.7 Å². The van der Waals surface area contributed by atoms with E-state index in [1.165, 1.54) is 6.26 Å². The fourth-order valence-electron chi connectivity index (χ4n) is 2.66. The molecule has 150 valence electrons. The minimum atomic E-state index is -0.356. The lowest BCUT2D eigenvalue weighted by molar-refractivity contribution is 0.0995. The predicted molar refractivity (Wildman–Crippen MR) is 113 cm³/mol. The Kier molecular flexibility index (Phi) is 6.34. The van der Waals surface area contributed by atoms with Gasteiger partial charge in [-0.15, -0.1) is 0 Å². The number of carbonyl (C=O) groups is 2. The largest absolute Gasteiger partial charge is 0.491 e. The molecule has 0 spiro atoms. The number of amides is 2. The number of aryl methyl sites for hydroxylation is 1. The lowest BCUT2D eigenvalue weighted by Crippen LogP contribution is -2.15. The molecule has 1 aromatic heterocycles. The minimum absolute atomic E-state index is 0.0741. The van der Waals surface area contributed by atoms with Gasteiger partial charge in [-0.25, -0.2) is 0 Å². The van der Waals surface area contributed by atoms with E-state index in [0.717, 1.165) is 12.0 Å². The number of furan rings is 1. The third-order valence-electron chi connectivity index (χ3n) is 4.50. The molecule has 3 aromatic rings. The maximum atomic E-state index is 12.7. The van der Waals surface area contributed by atoms with Crippen LogP contribution in [0.15, 0.2) is 65.3 Å². The second-order valence-electron chi connectivity index (χ2n) is 6.78. The Morgan fingerprint density at radius 1 is 1.03 bits per heavy atom. The van der Waals surface area contributed by atoms with Crippen molar-refractivity contribution in [2.75, 3.05) is 10.6 Å². The van der Waals surface area contributed by atoms with Crippen LogP contribution in [0, 0.1) is 6.92 Å². The number of hydrogen-bond donors (Lipinski definition) is 2. The van der Waals surface area contributed by atoms with Gasteiger partial charge in [0.05, 0.1) is 12.4 Å². The van der Waals surface area contributed by atoms with E-state index in [9.17, 15) is 9.59 Å². The van der Waals surface area contributed by atoms with Crippen LogP contribution in [0.25, 0.3) is 0 Å². The average molecular weight is 392 g/mol. The van der Waals surface area contributed by atoms with Gasteiger partial charge < -0.3 is 19.8 Å². The fraction of sp³-hybridized carbons (Fsp3) is 0.217. The maximum absolute atomic E-state index is 12.7. The summed E-state index contributed by atoms with van der Waals surface area (Å²) in [5.41, 5.74) is 2.54. The van der Waals surface area contributed by atoms with E-state index in [4.69, 9.17) is 9.15 Å². The van der Waals surface area contributed by atoms with Crippen LogP contribution in [-0.4, -0.2) is 17.9 Å². The normalized spacial score (nSPS) is 11.6. The van der Waals surface area contributed by atoms with Gasteiger partial charge in [-0.1, -0.05) is 19.1 Å². The third kappa shape index (κ3) is 5.25. The molecule has 6 nitrogen and oxygen atoms in total. The van der Waals surface area contributed by atoms with Crippen molar-refractivity contribution in [3.05, 3.63) is 77.7 Å². The fourth-order valence-corrected chi connectivity index (χ4v) is 2.66. The zero-order valence-corrected chi connectivity index (χ0v) is 16.7. The van der Waals surface area contributed by atoms with Gasteiger partial charge >= 0.3 is 0 Å². The van der Waals surface area contributed by atoms with Crippen LogP contribution < -0.4 is 15.4 Å². The number of rotatable bonds is 7. The van der Waals surface area contributed by atoms with Crippen molar-refractivity contribution in [1.82, 2.24) is 0 Å². The summed E-state index contributed by atoms with van der Waals surface area (Å²) in [7, 11) is 0. The highest BCUT2D eigenvalue weighted by atomic mass is 16.5. The molecule has 6 heteroatoms. The van der Waals surface area contributed by atoms with Crippen molar-refractivity contribution in [2.45, 2.75) is 33.3 Å². The van der Waals surface area contributed by atoms with Crippen LogP contribution in [0.2, 0.25) is 0 Å². The molecule has 29 heavy (non-hydrogen) atoms. The van der Waals surface area contributed by atoms with Crippen LogP contribution in [-0.2, 0) is 0 Å². The molecule has 0 aliphatic carbocycles. The van der Waals surface area contributed by atoms with Gasteiger partial charge in [-0.2, -0.15) is 0 Å². The number of anilines is 2. The van der Waals surface area contributed by atoms with Crippen LogP contribution in [0.3, 0.4) is 0 Å². The molecule has 3 rings (SSSR count). The molecular formula is C23H24N2O4. The van der Waals surface area contributed by atoms with Gasteiger partial charge in [0, 0.05) is 16.9 Å². The second-order valence-corrected chi connectivity index (χ2v) is 6.78. The summed E-state index contributed by atoms with van der Waals surface area (Å²) in [6, 6.07) is 15.6. The van der Waals surface area contributed by atoms with Crippen LogP contribution in [0.4, 0.5) is 11.4 Å². The zero-order valence-electron chi connectivity index (χ0n) is 16.7. The summed E-state index contributed by atoms with van der Waals surface area (Å²) < 4.78 is 10.9. The Hall–Kier alpha value is -3.54. The first-order valence-electron chi connectivity index (χ1n) is 9.50. The Labute approximate surface area is 169 Å². The van der Waals surface area contributed by atoms with E-state index in [1.54, 1.807) is 42.5 Å². The van der Waals surface area contributed by atoms with Gasteiger partial charge in [-0.3, -0.25) is 9.59 Å². The van der Waals surface area contributed by atoms with Gasteiger partial charge in [0.2, 0.25) is 0 Å². The summed E-state index contributed by atoms with van der Waals surface area (Å²) >= 11 is 0. The molecule has 2 amide bonds. The number of nitrogens with one attached hydrogen (secondary N) is 2.